The maximum Gasteiger partial charge on any atom is 0.416 e. The minimum atomic E-state index is -4.36. The molecule has 0 amide bonds. The Labute approximate surface area is 218 Å². The molecule has 0 bridgehead atoms. The second kappa shape index (κ2) is 9.73. The first-order chi connectivity index (χ1) is 18.3. The van der Waals surface area contributed by atoms with Crippen molar-refractivity contribution in [2.45, 2.75) is 49.8 Å². The van der Waals surface area contributed by atoms with Gasteiger partial charge < -0.3 is 10.1 Å². The van der Waals surface area contributed by atoms with Crippen LogP contribution in [0.2, 0.25) is 0 Å². The van der Waals surface area contributed by atoms with Gasteiger partial charge in [-0.3, -0.25) is 0 Å². The summed E-state index contributed by atoms with van der Waals surface area (Å²) in [6.07, 6.45) is -2.29. The average Bonchev–Trinajstić information content (AvgIpc) is 2.94. The van der Waals surface area contributed by atoms with Crippen molar-refractivity contribution >= 4 is 32.8 Å². The Balaban J connectivity index is 1.08. The maximum absolute atomic E-state index is 13.0. The Morgan fingerprint density at radius 3 is 2.34 bits per heavy atom. The number of hydrogen-bond acceptors (Lipinski definition) is 4. The first-order valence-electron chi connectivity index (χ1n) is 12.8. The molecule has 4 aromatic rings. The molecule has 2 fully saturated rings. The van der Waals surface area contributed by atoms with Crippen molar-refractivity contribution in [1.82, 2.24) is 0 Å². The number of halogens is 3. The van der Waals surface area contributed by atoms with E-state index in [1.165, 1.54) is 16.8 Å². The van der Waals surface area contributed by atoms with Crippen LogP contribution in [-0.2, 0) is 20.7 Å². The molecule has 1 aliphatic heterocycles. The molecule has 196 valence electrons. The van der Waals surface area contributed by atoms with Crippen molar-refractivity contribution in [3.63, 3.8) is 0 Å². The zero-order valence-corrected chi connectivity index (χ0v) is 20.8. The summed E-state index contributed by atoms with van der Waals surface area (Å²) in [6, 6.07) is 24.1. The van der Waals surface area contributed by atoms with E-state index >= 15 is 0 Å². The molecule has 1 aliphatic carbocycles. The molecule has 1 unspecified atom stereocenters. The summed E-state index contributed by atoms with van der Waals surface area (Å²) in [6.45, 7) is 4.59. The second-order valence-corrected chi connectivity index (χ2v) is 10.1. The van der Waals surface area contributed by atoms with Gasteiger partial charge in [-0.2, -0.15) is 13.2 Å². The summed E-state index contributed by atoms with van der Waals surface area (Å²) >= 11 is 0. The minimum Gasteiger partial charge on any atom is -0.382 e. The summed E-state index contributed by atoms with van der Waals surface area (Å²) < 4.78 is 45.3. The largest absolute Gasteiger partial charge is 0.416 e. The summed E-state index contributed by atoms with van der Waals surface area (Å²) in [5, 5.41) is 7.91. The number of alkyl halides is 3. The number of anilines is 1. The zero-order chi connectivity index (χ0) is 26.3. The fourth-order valence-corrected chi connectivity index (χ4v) is 5.42. The molecule has 4 aromatic carbocycles. The molecule has 1 saturated carbocycles. The predicted octanol–water partition coefficient (Wildman–Crippen LogP) is 8.12. The number of ether oxygens (including phenoxy) is 1. The van der Waals surface area contributed by atoms with Crippen LogP contribution in [0, 0.1) is 0 Å². The first-order valence-corrected chi connectivity index (χ1v) is 12.8. The van der Waals surface area contributed by atoms with Gasteiger partial charge in [0.05, 0.1) is 12.2 Å². The van der Waals surface area contributed by atoms with Crippen LogP contribution in [0.25, 0.3) is 27.1 Å². The normalized spacial score (nSPS) is 24.1. The van der Waals surface area contributed by atoms with Gasteiger partial charge in [0, 0.05) is 24.6 Å². The molecule has 0 aromatic heterocycles. The van der Waals surface area contributed by atoms with E-state index in [1.54, 1.807) is 6.07 Å². The van der Waals surface area contributed by atoms with Crippen LogP contribution < -0.4 is 5.32 Å². The van der Waals surface area contributed by atoms with E-state index in [0.717, 1.165) is 34.0 Å². The van der Waals surface area contributed by atoms with Gasteiger partial charge in [0.15, 0.2) is 0 Å². The Bertz CT molecular complexity index is 1480. The Kier molecular flexibility index (Phi) is 6.38. The Hall–Kier alpha value is -3.39. The van der Waals surface area contributed by atoms with Gasteiger partial charge in [-0.25, -0.2) is 9.78 Å². The van der Waals surface area contributed by atoms with Crippen molar-refractivity contribution in [3.05, 3.63) is 96.6 Å². The molecule has 1 saturated heterocycles. The van der Waals surface area contributed by atoms with Crippen molar-refractivity contribution in [2.75, 3.05) is 11.9 Å². The van der Waals surface area contributed by atoms with Gasteiger partial charge in [-0.05, 0) is 69.8 Å². The highest BCUT2D eigenvalue weighted by Crippen LogP contribution is 2.39. The Morgan fingerprint density at radius 2 is 1.61 bits per heavy atom. The van der Waals surface area contributed by atoms with Crippen LogP contribution in [0.1, 0.15) is 36.8 Å². The van der Waals surface area contributed by atoms with Gasteiger partial charge in [-0.1, -0.05) is 61.2 Å². The lowest BCUT2D eigenvalue weighted by atomic mass is 9.89. The summed E-state index contributed by atoms with van der Waals surface area (Å²) in [4.78, 5) is 11.6. The van der Waals surface area contributed by atoms with E-state index in [0.29, 0.717) is 38.0 Å². The van der Waals surface area contributed by atoms with Crippen LogP contribution in [0.5, 0.6) is 0 Å². The number of nitrogens with one attached hydrogen (secondary N) is 1. The first kappa shape index (κ1) is 24.9. The van der Waals surface area contributed by atoms with E-state index < -0.39 is 23.6 Å². The van der Waals surface area contributed by atoms with Crippen LogP contribution in [0.3, 0.4) is 0 Å². The molecule has 1 heterocycles. The molecule has 7 heteroatoms. The van der Waals surface area contributed by atoms with Crippen LogP contribution in [0.15, 0.2) is 85.4 Å². The highest BCUT2D eigenvalue weighted by molar-refractivity contribution is 6.08. The van der Waals surface area contributed by atoms with E-state index in [1.807, 2.05) is 18.2 Å². The highest BCUT2D eigenvalue weighted by atomic mass is 19.4. The minimum absolute atomic E-state index is 0.0245. The molecule has 2 aliphatic rings. The van der Waals surface area contributed by atoms with Gasteiger partial charge in [0.2, 0.25) is 5.79 Å². The van der Waals surface area contributed by atoms with Crippen LogP contribution in [0.4, 0.5) is 18.9 Å². The van der Waals surface area contributed by atoms with E-state index in [-0.39, 0.29) is 6.04 Å². The van der Waals surface area contributed by atoms with E-state index in [2.05, 4.69) is 48.3 Å². The van der Waals surface area contributed by atoms with Gasteiger partial charge in [0.25, 0.3) is 0 Å². The van der Waals surface area contributed by atoms with Crippen molar-refractivity contribution in [1.29, 1.82) is 0 Å². The Morgan fingerprint density at radius 1 is 0.868 bits per heavy atom. The third kappa shape index (κ3) is 4.89. The summed E-state index contributed by atoms with van der Waals surface area (Å²) in [7, 11) is 0. The maximum atomic E-state index is 13.0. The number of benzene rings is 4. The average molecular weight is 520 g/mol. The molecule has 6 rings (SSSR count). The van der Waals surface area contributed by atoms with Gasteiger partial charge in [0.1, 0.15) is 6.10 Å². The third-order valence-electron chi connectivity index (χ3n) is 7.63. The lowest BCUT2D eigenvalue weighted by Gasteiger charge is -2.43. The second-order valence-electron chi connectivity index (χ2n) is 10.1. The SMILES string of the molecule is C=C(c1ccc2ccc3ccccc3c2c1)C1COC2(CCC(Nc3cccc(C(F)(F)F)c3)CC2)OO1. The highest BCUT2D eigenvalue weighted by Gasteiger charge is 2.43. The van der Waals surface area contributed by atoms with Crippen molar-refractivity contribution in [2.24, 2.45) is 0 Å². The number of rotatable bonds is 4. The third-order valence-corrected chi connectivity index (χ3v) is 7.63. The van der Waals surface area contributed by atoms with Crippen molar-refractivity contribution < 1.29 is 27.7 Å². The number of hydrogen-bond donors (Lipinski definition) is 1. The van der Waals surface area contributed by atoms with E-state index in [9.17, 15) is 13.2 Å². The molecule has 1 spiro atoms. The molecule has 38 heavy (non-hydrogen) atoms. The van der Waals surface area contributed by atoms with Crippen LogP contribution in [-0.4, -0.2) is 24.5 Å². The molecule has 4 nitrogen and oxygen atoms in total. The van der Waals surface area contributed by atoms with Gasteiger partial charge in [-0.15, -0.1) is 0 Å². The monoisotopic (exact) mass is 519 g/mol. The lowest BCUT2D eigenvalue weighted by Crippen LogP contribution is -2.49. The fraction of sp³-hybridized carbons (Fsp3) is 0.290. The summed E-state index contributed by atoms with van der Waals surface area (Å²) in [5.41, 5.74) is 1.56. The lowest BCUT2D eigenvalue weighted by molar-refractivity contribution is -0.483. The van der Waals surface area contributed by atoms with Gasteiger partial charge >= 0.3 is 6.18 Å². The summed E-state index contributed by atoms with van der Waals surface area (Å²) in [5.74, 6) is -0.845. The number of fused-ring (bicyclic) bond motifs is 3. The quantitative estimate of drug-likeness (QED) is 0.218. The predicted molar refractivity (Wildman–Crippen MR) is 142 cm³/mol. The molecular weight excluding hydrogens is 491 g/mol. The molecular formula is C31H28F3NO3. The fourth-order valence-electron chi connectivity index (χ4n) is 5.42. The molecule has 1 atom stereocenters. The zero-order valence-electron chi connectivity index (χ0n) is 20.8. The van der Waals surface area contributed by atoms with E-state index in [4.69, 9.17) is 14.5 Å². The van der Waals surface area contributed by atoms with Crippen LogP contribution >= 0.6 is 0 Å². The topological polar surface area (TPSA) is 39.7 Å². The van der Waals surface area contributed by atoms with Crippen molar-refractivity contribution in [3.8, 4) is 0 Å². The molecule has 0 radical (unpaired) electrons. The standard InChI is InChI=1S/C31H28F3NO3/c1-20(23-12-11-22-10-9-21-5-2-3-8-27(21)28(22)17-23)29-19-36-30(38-37-29)15-13-25(14-16-30)35-26-7-4-6-24(18-26)31(32,33)34/h2-12,17-18,25,29,35H,1,13-16,19H2. The smallest absolute Gasteiger partial charge is 0.382 e. The molecule has 1 N–H and O–H groups in total.